The molecule has 3 unspecified atom stereocenters. The predicted octanol–water partition coefficient (Wildman–Crippen LogP) is 3.76. The highest BCUT2D eigenvalue weighted by Crippen LogP contribution is 2.30. The first-order chi connectivity index (χ1) is 8.20. The van der Waals surface area contributed by atoms with E-state index >= 15 is 0 Å². The summed E-state index contributed by atoms with van der Waals surface area (Å²) in [6.07, 6.45) is 6.02. The van der Waals surface area contributed by atoms with Crippen LogP contribution in [0.3, 0.4) is 0 Å². The van der Waals surface area contributed by atoms with Gasteiger partial charge < -0.3 is 5.32 Å². The monoisotopic (exact) mass is 253 g/mol. The topological polar surface area (TPSA) is 12.0 Å². The van der Waals surface area contributed by atoms with Crippen molar-refractivity contribution < 1.29 is 4.39 Å². The summed E-state index contributed by atoms with van der Waals surface area (Å²) in [5.41, 5.74) is 1.04. The molecule has 17 heavy (non-hydrogen) atoms. The Kier molecular flexibility index (Phi) is 4.46. The number of nitrogens with one attached hydrogen (secondary N) is 1. The molecule has 1 aromatic rings. The molecule has 1 aliphatic carbocycles. The van der Waals surface area contributed by atoms with Crippen molar-refractivity contribution >= 4 is 11.8 Å². The second-order valence-electron chi connectivity index (χ2n) is 4.75. The van der Waals surface area contributed by atoms with E-state index < -0.39 is 0 Å². The van der Waals surface area contributed by atoms with Gasteiger partial charge in [-0.1, -0.05) is 18.6 Å². The molecule has 0 heterocycles. The van der Waals surface area contributed by atoms with Crippen molar-refractivity contribution in [2.45, 2.75) is 43.5 Å². The Hall–Kier alpha value is -0.540. The third kappa shape index (κ3) is 3.23. The maximum Gasteiger partial charge on any atom is 0.123 e. The molecule has 0 saturated heterocycles. The number of halogens is 1. The highest BCUT2D eigenvalue weighted by molar-refractivity contribution is 7.99. The van der Waals surface area contributed by atoms with E-state index in [-0.39, 0.29) is 11.9 Å². The molecule has 0 spiro atoms. The minimum absolute atomic E-state index is 0.149. The van der Waals surface area contributed by atoms with Crippen LogP contribution in [0.5, 0.6) is 0 Å². The Morgan fingerprint density at radius 3 is 2.94 bits per heavy atom. The van der Waals surface area contributed by atoms with Crippen molar-refractivity contribution in [1.82, 2.24) is 5.32 Å². The summed E-state index contributed by atoms with van der Waals surface area (Å²) in [6, 6.07) is 7.69. The van der Waals surface area contributed by atoms with E-state index in [1.807, 2.05) is 17.8 Å². The smallest absolute Gasteiger partial charge is 0.123 e. The van der Waals surface area contributed by atoms with E-state index in [1.165, 1.54) is 25.3 Å². The maximum atomic E-state index is 13.2. The molecule has 3 atom stereocenters. The zero-order chi connectivity index (χ0) is 12.3. The van der Waals surface area contributed by atoms with Crippen LogP contribution in [-0.4, -0.2) is 17.5 Å². The second-order valence-corrected chi connectivity index (χ2v) is 5.83. The first kappa shape index (κ1) is 12.9. The van der Waals surface area contributed by atoms with Crippen LogP contribution in [0.1, 0.15) is 37.8 Å². The molecule has 0 amide bonds. The van der Waals surface area contributed by atoms with Crippen molar-refractivity contribution in [3.63, 3.8) is 0 Å². The minimum atomic E-state index is -0.149. The molecule has 1 aliphatic rings. The minimum Gasteiger partial charge on any atom is -0.306 e. The zero-order valence-electron chi connectivity index (χ0n) is 10.4. The summed E-state index contributed by atoms with van der Waals surface area (Å²) in [5, 5.41) is 4.35. The largest absolute Gasteiger partial charge is 0.306 e. The fraction of sp³-hybridized carbons (Fsp3) is 0.571. The van der Waals surface area contributed by atoms with Gasteiger partial charge in [0.25, 0.3) is 0 Å². The standard InChI is InChI=1S/C14H20FNS/c1-10(11-5-3-6-12(15)9-11)16-13-7-4-8-14(13)17-2/h3,5-6,9-10,13-14,16H,4,7-8H2,1-2H3. The Labute approximate surface area is 107 Å². The van der Waals surface area contributed by atoms with E-state index in [1.54, 1.807) is 12.1 Å². The van der Waals surface area contributed by atoms with Crippen LogP contribution in [-0.2, 0) is 0 Å². The SMILES string of the molecule is CSC1CCCC1NC(C)c1cccc(F)c1. The van der Waals surface area contributed by atoms with Crippen LogP contribution in [0.25, 0.3) is 0 Å². The molecule has 0 aliphatic heterocycles. The van der Waals surface area contributed by atoms with Crippen LogP contribution >= 0.6 is 11.8 Å². The highest BCUT2D eigenvalue weighted by atomic mass is 32.2. The van der Waals surface area contributed by atoms with E-state index in [2.05, 4.69) is 18.5 Å². The van der Waals surface area contributed by atoms with Gasteiger partial charge in [0.1, 0.15) is 5.82 Å². The molecule has 0 bridgehead atoms. The molecule has 1 aromatic carbocycles. The lowest BCUT2D eigenvalue weighted by molar-refractivity contribution is 0.465. The van der Waals surface area contributed by atoms with Crippen LogP contribution in [0.15, 0.2) is 24.3 Å². The van der Waals surface area contributed by atoms with Crippen LogP contribution in [0.2, 0.25) is 0 Å². The Morgan fingerprint density at radius 1 is 1.41 bits per heavy atom. The van der Waals surface area contributed by atoms with Gasteiger partial charge in [-0.2, -0.15) is 11.8 Å². The molecule has 1 saturated carbocycles. The zero-order valence-corrected chi connectivity index (χ0v) is 11.3. The number of hydrogen-bond donors (Lipinski definition) is 1. The number of hydrogen-bond acceptors (Lipinski definition) is 2. The third-order valence-electron chi connectivity index (χ3n) is 3.57. The molecule has 1 nitrogen and oxygen atoms in total. The van der Waals surface area contributed by atoms with Gasteiger partial charge in [0.15, 0.2) is 0 Å². The lowest BCUT2D eigenvalue weighted by atomic mass is 10.1. The summed E-state index contributed by atoms with van der Waals surface area (Å²) in [6.45, 7) is 2.12. The average molecular weight is 253 g/mol. The van der Waals surface area contributed by atoms with Crippen molar-refractivity contribution in [3.05, 3.63) is 35.6 Å². The molecule has 1 N–H and O–H groups in total. The fourth-order valence-corrected chi connectivity index (χ4v) is 3.54. The van der Waals surface area contributed by atoms with E-state index in [9.17, 15) is 4.39 Å². The van der Waals surface area contributed by atoms with Gasteiger partial charge in [0, 0.05) is 17.3 Å². The van der Waals surface area contributed by atoms with Crippen molar-refractivity contribution in [3.8, 4) is 0 Å². The molecular formula is C14H20FNS. The third-order valence-corrected chi connectivity index (χ3v) is 4.74. The molecular weight excluding hydrogens is 233 g/mol. The van der Waals surface area contributed by atoms with Gasteiger partial charge in [-0.05, 0) is 43.7 Å². The number of benzene rings is 1. The summed E-state index contributed by atoms with van der Waals surface area (Å²) in [5.74, 6) is -0.149. The lowest BCUT2D eigenvalue weighted by Crippen LogP contribution is -2.35. The summed E-state index contributed by atoms with van der Waals surface area (Å²) >= 11 is 1.94. The van der Waals surface area contributed by atoms with Gasteiger partial charge in [-0.3, -0.25) is 0 Å². The van der Waals surface area contributed by atoms with Crippen LogP contribution < -0.4 is 5.32 Å². The van der Waals surface area contributed by atoms with Crippen molar-refractivity contribution in [1.29, 1.82) is 0 Å². The van der Waals surface area contributed by atoms with Gasteiger partial charge in [0.05, 0.1) is 0 Å². The Balaban J connectivity index is 1.99. The van der Waals surface area contributed by atoms with Crippen LogP contribution in [0, 0.1) is 5.82 Å². The predicted molar refractivity (Wildman–Crippen MR) is 72.9 cm³/mol. The van der Waals surface area contributed by atoms with Gasteiger partial charge in [-0.25, -0.2) is 4.39 Å². The van der Waals surface area contributed by atoms with E-state index in [0.717, 1.165) is 5.56 Å². The fourth-order valence-electron chi connectivity index (χ4n) is 2.59. The molecule has 1 fully saturated rings. The first-order valence-electron chi connectivity index (χ1n) is 6.25. The summed E-state index contributed by atoms with van der Waals surface area (Å²) < 4.78 is 13.2. The van der Waals surface area contributed by atoms with Crippen LogP contribution in [0.4, 0.5) is 4.39 Å². The second kappa shape index (κ2) is 5.87. The quantitative estimate of drug-likeness (QED) is 0.877. The van der Waals surface area contributed by atoms with Gasteiger partial charge in [-0.15, -0.1) is 0 Å². The van der Waals surface area contributed by atoms with Gasteiger partial charge in [0.2, 0.25) is 0 Å². The molecule has 94 valence electrons. The summed E-state index contributed by atoms with van der Waals surface area (Å²) in [4.78, 5) is 0. The van der Waals surface area contributed by atoms with E-state index in [0.29, 0.717) is 11.3 Å². The number of rotatable bonds is 4. The van der Waals surface area contributed by atoms with Crippen molar-refractivity contribution in [2.24, 2.45) is 0 Å². The van der Waals surface area contributed by atoms with Crippen molar-refractivity contribution in [2.75, 3.05) is 6.26 Å². The Bertz CT molecular complexity index is 369. The lowest BCUT2D eigenvalue weighted by Gasteiger charge is -2.24. The van der Waals surface area contributed by atoms with Gasteiger partial charge >= 0.3 is 0 Å². The molecule has 0 radical (unpaired) electrons. The average Bonchev–Trinajstić information content (AvgIpc) is 2.76. The summed E-state index contributed by atoms with van der Waals surface area (Å²) in [7, 11) is 0. The first-order valence-corrected chi connectivity index (χ1v) is 7.54. The normalized spacial score (nSPS) is 26.1. The molecule has 2 rings (SSSR count). The number of thioether (sulfide) groups is 1. The van der Waals surface area contributed by atoms with E-state index in [4.69, 9.17) is 0 Å². The highest BCUT2D eigenvalue weighted by Gasteiger charge is 2.27. The Morgan fingerprint density at radius 2 is 2.24 bits per heavy atom. The molecule has 0 aromatic heterocycles. The molecule has 3 heteroatoms. The maximum absolute atomic E-state index is 13.2.